The zero-order chi connectivity index (χ0) is 19.1. The van der Waals surface area contributed by atoms with Gasteiger partial charge in [-0.3, -0.25) is 4.68 Å². The molecular weight excluding hydrogens is 352 g/mol. The van der Waals surface area contributed by atoms with Crippen LogP contribution < -0.4 is 10.1 Å². The minimum absolute atomic E-state index is 0.587. The van der Waals surface area contributed by atoms with Crippen LogP contribution in [0.4, 0.5) is 0 Å². The number of rotatable bonds is 3. The minimum atomic E-state index is 0.587. The molecule has 3 heterocycles. The van der Waals surface area contributed by atoms with Crippen molar-refractivity contribution in [1.29, 1.82) is 0 Å². The van der Waals surface area contributed by atoms with Gasteiger partial charge in [0.05, 0.1) is 12.6 Å². The van der Waals surface area contributed by atoms with Gasteiger partial charge in [-0.15, -0.1) is 10.2 Å². The molecule has 7 nitrogen and oxygen atoms in total. The molecule has 5 rings (SSSR count). The van der Waals surface area contributed by atoms with Crippen molar-refractivity contribution in [1.82, 2.24) is 30.3 Å². The molecule has 0 spiro atoms. The monoisotopic (exact) mass is 374 g/mol. The number of benzene rings is 2. The van der Waals surface area contributed by atoms with Crippen molar-refractivity contribution in [2.75, 3.05) is 20.2 Å². The summed E-state index contributed by atoms with van der Waals surface area (Å²) in [4.78, 5) is 4.75. The third-order valence-electron chi connectivity index (χ3n) is 5.46. The fourth-order valence-corrected chi connectivity index (χ4v) is 3.99. The fraction of sp³-hybridized carbons (Fsp3) is 0.333. The standard InChI is InChI=1S/C21H22N6O/c1-27-12-16-9-15(11-19(28-2)20(16)26-27)21-23-17-4-3-14(10-18(17)24-25-21)13-5-7-22-8-6-13/h3-4,9-13,22H,5-8H2,1-2H3. The molecule has 0 unspecified atom stereocenters. The third kappa shape index (κ3) is 2.97. The Labute approximate surface area is 162 Å². The number of aryl methyl sites for hydroxylation is 1. The smallest absolute Gasteiger partial charge is 0.182 e. The van der Waals surface area contributed by atoms with E-state index in [4.69, 9.17) is 9.72 Å². The SMILES string of the molecule is COc1cc(-c2nnc3cc(C4CCNCC4)ccc3n2)cc2cn(C)nc12. The lowest BCUT2D eigenvalue weighted by molar-refractivity contribution is 0.418. The van der Waals surface area contributed by atoms with Crippen LogP contribution in [-0.4, -0.2) is 45.2 Å². The quantitative estimate of drug-likeness (QED) is 0.594. The van der Waals surface area contributed by atoms with Crippen LogP contribution in [-0.2, 0) is 7.05 Å². The fourth-order valence-electron chi connectivity index (χ4n) is 3.99. The van der Waals surface area contributed by atoms with E-state index < -0.39 is 0 Å². The Bertz CT molecular complexity index is 1160. The van der Waals surface area contributed by atoms with Gasteiger partial charge in [-0.25, -0.2) is 4.98 Å². The van der Waals surface area contributed by atoms with E-state index in [0.29, 0.717) is 17.5 Å². The first kappa shape index (κ1) is 17.1. The predicted molar refractivity (Wildman–Crippen MR) is 108 cm³/mol. The molecule has 1 aliphatic rings. The van der Waals surface area contributed by atoms with Gasteiger partial charge in [0.1, 0.15) is 16.8 Å². The molecule has 2 aromatic carbocycles. The number of ether oxygens (including phenoxy) is 1. The van der Waals surface area contributed by atoms with Crippen LogP contribution >= 0.6 is 0 Å². The molecule has 0 saturated carbocycles. The Morgan fingerprint density at radius 2 is 1.93 bits per heavy atom. The zero-order valence-corrected chi connectivity index (χ0v) is 16.0. The predicted octanol–water partition coefficient (Wildman–Crippen LogP) is 3.05. The number of methoxy groups -OCH3 is 1. The average molecular weight is 374 g/mol. The molecule has 0 aliphatic carbocycles. The van der Waals surface area contributed by atoms with E-state index in [9.17, 15) is 0 Å². The molecule has 142 valence electrons. The summed E-state index contributed by atoms with van der Waals surface area (Å²) in [6, 6.07) is 10.3. The van der Waals surface area contributed by atoms with Crippen LogP contribution in [0.3, 0.4) is 0 Å². The van der Waals surface area contributed by atoms with Crippen molar-refractivity contribution in [2.24, 2.45) is 7.05 Å². The van der Waals surface area contributed by atoms with Gasteiger partial charge >= 0.3 is 0 Å². The van der Waals surface area contributed by atoms with Crippen molar-refractivity contribution < 1.29 is 4.74 Å². The van der Waals surface area contributed by atoms with Gasteiger partial charge in [0.2, 0.25) is 0 Å². The molecule has 1 aliphatic heterocycles. The van der Waals surface area contributed by atoms with Gasteiger partial charge in [-0.1, -0.05) is 6.07 Å². The number of fused-ring (bicyclic) bond motifs is 2. The number of aromatic nitrogens is 5. The van der Waals surface area contributed by atoms with E-state index in [1.807, 2.05) is 25.4 Å². The Balaban J connectivity index is 1.55. The van der Waals surface area contributed by atoms with Gasteiger partial charge in [0.25, 0.3) is 0 Å². The van der Waals surface area contributed by atoms with E-state index in [1.54, 1.807) is 11.8 Å². The first-order valence-electron chi connectivity index (χ1n) is 9.58. The highest BCUT2D eigenvalue weighted by atomic mass is 16.5. The summed E-state index contributed by atoms with van der Waals surface area (Å²) in [6.45, 7) is 2.15. The molecule has 4 aromatic rings. The normalized spacial score (nSPS) is 15.4. The Morgan fingerprint density at radius 3 is 2.75 bits per heavy atom. The summed E-state index contributed by atoms with van der Waals surface area (Å²) in [5.74, 6) is 1.88. The highest BCUT2D eigenvalue weighted by Crippen LogP contribution is 2.31. The molecule has 0 radical (unpaired) electrons. The zero-order valence-electron chi connectivity index (χ0n) is 16.0. The van der Waals surface area contributed by atoms with Crippen LogP contribution in [0.25, 0.3) is 33.3 Å². The minimum Gasteiger partial charge on any atom is -0.494 e. The maximum absolute atomic E-state index is 5.52. The molecule has 7 heteroatoms. The second kappa shape index (κ2) is 6.83. The lowest BCUT2D eigenvalue weighted by atomic mass is 9.90. The van der Waals surface area contributed by atoms with Gasteiger partial charge in [0.15, 0.2) is 5.82 Å². The molecule has 2 aromatic heterocycles. The second-order valence-corrected chi connectivity index (χ2v) is 7.33. The number of hydrogen-bond donors (Lipinski definition) is 1. The Morgan fingerprint density at radius 1 is 1.07 bits per heavy atom. The molecule has 1 saturated heterocycles. The van der Waals surface area contributed by atoms with Crippen LogP contribution in [0, 0.1) is 0 Å². The second-order valence-electron chi connectivity index (χ2n) is 7.33. The number of nitrogens with one attached hydrogen (secondary N) is 1. The summed E-state index contributed by atoms with van der Waals surface area (Å²) in [5.41, 5.74) is 4.72. The number of nitrogens with zero attached hydrogens (tertiary/aromatic N) is 5. The van der Waals surface area contributed by atoms with Crippen molar-refractivity contribution >= 4 is 21.9 Å². The maximum Gasteiger partial charge on any atom is 0.182 e. The summed E-state index contributed by atoms with van der Waals surface area (Å²) in [5, 5.41) is 17.7. The molecule has 0 bridgehead atoms. The van der Waals surface area contributed by atoms with Crippen LogP contribution in [0.15, 0.2) is 36.5 Å². The topological polar surface area (TPSA) is 77.8 Å². The summed E-state index contributed by atoms with van der Waals surface area (Å²) < 4.78 is 7.29. The Hall–Kier alpha value is -3.06. The molecular formula is C21H22N6O. The third-order valence-corrected chi connectivity index (χ3v) is 5.46. The molecule has 0 amide bonds. The van der Waals surface area contributed by atoms with Crippen molar-refractivity contribution in [3.05, 3.63) is 42.1 Å². The van der Waals surface area contributed by atoms with Crippen molar-refractivity contribution in [3.8, 4) is 17.1 Å². The first-order chi connectivity index (χ1) is 13.7. The van der Waals surface area contributed by atoms with E-state index in [0.717, 1.165) is 53.4 Å². The molecule has 1 N–H and O–H groups in total. The van der Waals surface area contributed by atoms with Crippen LogP contribution in [0.5, 0.6) is 5.75 Å². The lowest BCUT2D eigenvalue weighted by Gasteiger charge is -2.23. The van der Waals surface area contributed by atoms with Crippen molar-refractivity contribution in [3.63, 3.8) is 0 Å². The summed E-state index contributed by atoms with van der Waals surface area (Å²) >= 11 is 0. The van der Waals surface area contributed by atoms with Crippen LogP contribution in [0.2, 0.25) is 0 Å². The Kier molecular flexibility index (Phi) is 4.16. The summed E-state index contributed by atoms with van der Waals surface area (Å²) in [7, 11) is 3.54. The summed E-state index contributed by atoms with van der Waals surface area (Å²) in [6.07, 6.45) is 4.28. The lowest BCUT2D eigenvalue weighted by Crippen LogP contribution is -2.26. The van der Waals surface area contributed by atoms with E-state index >= 15 is 0 Å². The molecule has 0 atom stereocenters. The van der Waals surface area contributed by atoms with Gasteiger partial charge in [0, 0.05) is 24.2 Å². The first-order valence-corrected chi connectivity index (χ1v) is 9.58. The largest absolute Gasteiger partial charge is 0.494 e. The van der Waals surface area contributed by atoms with E-state index in [-0.39, 0.29) is 0 Å². The number of hydrogen-bond acceptors (Lipinski definition) is 6. The van der Waals surface area contributed by atoms with Gasteiger partial charge < -0.3 is 10.1 Å². The van der Waals surface area contributed by atoms with E-state index in [2.05, 4.69) is 38.8 Å². The van der Waals surface area contributed by atoms with Crippen molar-refractivity contribution in [2.45, 2.75) is 18.8 Å². The highest BCUT2D eigenvalue weighted by molar-refractivity contribution is 5.89. The average Bonchev–Trinajstić information content (AvgIpc) is 3.13. The van der Waals surface area contributed by atoms with Gasteiger partial charge in [-0.2, -0.15) is 5.10 Å². The van der Waals surface area contributed by atoms with Crippen LogP contribution in [0.1, 0.15) is 24.3 Å². The molecule has 1 fully saturated rings. The van der Waals surface area contributed by atoms with E-state index in [1.165, 1.54) is 5.56 Å². The maximum atomic E-state index is 5.52. The highest BCUT2D eigenvalue weighted by Gasteiger charge is 2.17. The molecule has 28 heavy (non-hydrogen) atoms. The van der Waals surface area contributed by atoms with Gasteiger partial charge in [-0.05, 0) is 61.7 Å². The number of piperidine rings is 1.